The van der Waals surface area contributed by atoms with Crippen molar-refractivity contribution in [2.45, 2.75) is 19.5 Å². The Bertz CT molecular complexity index is 983. The predicted molar refractivity (Wildman–Crippen MR) is 104 cm³/mol. The predicted octanol–water partition coefficient (Wildman–Crippen LogP) is 4.29. The monoisotopic (exact) mass is 418 g/mol. The van der Waals surface area contributed by atoms with Crippen LogP contribution in [0.4, 0.5) is 0 Å². The third-order valence-corrected chi connectivity index (χ3v) is 4.75. The number of nitrogens with one attached hydrogen (secondary N) is 1. The van der Waals surface area contributed by atoms with E-state index < -0.39 is 0 Å². The Morgan fingerprint density at radius 2 is 1.92 bits per heavy atom. The van der Waals surface area contributed by atoms with Crippen LogP contribution in [0, 0.1) is 0 Å². The molecule has 1 atom stereocenters. The summed E-state index contributed by atoms with van der Waals surface area (Å²) >= 11 is 9.26. The first-order valence-electron chi connectivity index (χ1n) is 7.77. The number of amides is 1. The zero-order valence-electron chi connectivity index (χ0n) is 13.5. The molecule has 4 nitrogen and oxygen atoms in total. The first-order valence-corrected chi connectivity index (χ1v) is 8.94. The summed E-state index contributed by atoms with van der Waals surface area (Å²) in [6, 6.07) is 14.2. The lowest BCUT2D eigenvalue weighted by molar-refractivity contribution is -0.122. The fourth-order valence-corrected chi connectivity index (χ4v) is 3.19. The zero-order chi connectivity index (χ0) is 18.0. The second-order valence-electron chi connectivity index (χ2n) is 5.81. The largest absolute Gasteiger partial charge is 0.348 e. The van der Waals surface area contributed by atoms with Crippen molar-refractivity contribution in [3.63, 3.8) is 0 Å². The number of hydrogen-bond acceptors (Lipinski definition) is 2. The van der Waals surface area contributed by atoms with E-state index in [2.05, 4.69) is 21.2 Å². The van der Waals surface area contributed by atoms with Gasteiger partial charge in [0.05, 0.1) is 11.6 Å². The van der Waals surface area contributed by atoms with Gasteiger partial charge in [0.2, 0.25) is 5.91 Å². The SMILES string of the molecule is CC(NC(=O)Cn1ccc(=O)c2cc(Br)ccc21)c1ccc(Cl)cc1. The highest BCUT2D eigenvalue weighted by Gasteiger charge is 2.11. The third-order valence-electron chi connectivity index (χ3n) is 4.00. The summed E-state index contributed by atoms with van der Waals surface area (Å²) in [5, 5.41) is 4.20. The maximum Gasteiger partial charge on any atom is 0.240 e. The molecule has 3 rings (SSSR count). The van der Waals surface area contributed by atoms with Crippen LogP contribution in [0.1, 0.15) is 18.5 Å². The Labute approximate surface area is 158 Å². The van der Waals surface area contributed by atoms with Gasteiger partial charge >= 0.3 is 0 Å². The molecule has 0 spiro atoms. The fraction of sp³-hybridized carbons (Fsp3) is 0.158. The van der Waals surface area contributed by atoms with E-state index >= 15 is 0 Å². The van der Waals surface area contributed by atoms with Crippen LogP contribution in [-0.2, 0) is 11.3 Å². The average molecular weight is 420 g/mol. The standard InChI is InChI=1S/C19H16BrClN2O2/c1-12(13-2-5-15(21)6-3-13)22-19(25)11-23-9-8-18(24)16-10-14(20)4-7-17(16)23/h2-10,12H,11H2,1H3,(H,22,25). The second kappa shape index (κ2) is 7.42. The van der Waals surface area contributed by atoms with E-state index in [0.29, 0.717) is 10.4 Å². The Balaban J connectivity index is 1.79. The number of fused-ring (bicyclic) bond motifs is 1. The van der Waals surface area contributed by atoms with Gasteiger partial charge in [-0.1, -0.05) is 39.7 Å². The van der Waals surface area contributed by atoms with Crippen molar-refractivity contribution in [2.75, 3.05) is 0 Å². The Morgan fingerprint density at radius 3 is 2.64 bits per heavy atom. The summed E-state index contributed by atoms with van der Waals surface area (Å²) in [5.74, 6) is -0.129. The summed E-state index contributed by atoms with van der Waals surface area (Å²) in [6.45, 7) is 2.05. The topological polar surface area (TPSA) is 51.1 Å². The van der Waals surface area contributed by atoms with Crippen LogP contribution in [0.5, 0.6) is 0 Å². The van der Waals surface area contributed by atoms with Gasteiger partial charge in [-0.2, -0.15) is 0 Å². The fourth-order valence-electron chi connectivity index (χ4n) is 2.70. The molecule has 128 valence electrons. The highest BCUT2D eigenvalue weighted by atomic mass is 79.9. The molecule has 1 heterocycles. The average Bonchev–Trinajstić information content (AvgIpc) is 2.58. The molecule has 1 unspecified atom stereocenters. The first kappa shape index (κ1) is 17.7. The molecule has 1 amide bonds. The van der Waals surface area contributed by atoms with E-state index in [1.807, 2.05) is 31.2 Å². The van der Waals surface area contributed by atoms with Crippen molar-refractivity contribution in [1.29, 1.82) is 0 Å². The van der Waals surface area contributed by atoms with Crippen molar-refractivity contribution in [2.24, 2.45) is 0 Å². The molecule has 0 saturated heterocycles. The van der Waals surface area contributed by atoms with E-state index in [9.17, 15) is 9.59 Å². The summed E-state index contributed by atoms with van der Waals surface area (Å²) in [4.78, 5) is 24.4. The van der Waals surface area contributed by atoms with Crippen LogP contribution in [0.3, 0.4) is 0 Å². The van der Waals surface area contributed by atoms with Gasteiger partial charge in [0, 0.05) is 27.1 Å². The number of halogens is 2. The van der Waals surface area contributed by atoms with E-state index in [-0.39, 0.29) is 23.9 Å². The molecule has 0 aliphatic carbocycles. The summed E-state index contributed by atoms with van der Waals surface area (Å²) < 4.78 is 2.60. The van der Waals surface area contributed by atoms with Crippen molar-refractivity contribution < 1.29 is 4.79 Å². The van der Waals surface area contributed by atoms with Crippen LogP contribution in [0.15, 0.2) is 64.0 Å². The van der Waals surface area contributed by atoms with Gasteiger partial charge < -0.3 is 9.88 Å². The van der Waals surface area contributed by atoms with E-state index in [1.165, 1.54) is 6.07 Å². The molecular formula is C19H16BrClN2O2. The molecule has 0 saturated carbocycles. The van der Waals surface area contributed by atoms with Gasteiger partial charge in [0.1, 0.15) is 6.54 Å². The molecule has 3 aromatic rings. The van der Waals surface area contributed by atoms with Crippen LogP contribution < -0.4 is 10.7 Å². The van der Waals surface area contributed by atoms with Crippen LogP contribution in [0.2, 0.25) is 5.02 Å². The molecule has 0 bridgehead atoms. The summed E-state index contributed by atoms with van der Waals surface area (Å²) in [7, 11) is 0. The lowest BCUT2D eigenvalue weighted by Crippen LogP contribution is -2.30. The lowest BCUT2D eigenvalue weighted by Gasteiger charge is -2.16. The van der Waals surface area contributed by atoms with Crippen molar-refractivity contribution >= 4 is 44.3 Å². The molecule has 0 aliphatic rings. The first-order chi connectivity index (χ1) is 11.9. The summed E-state index contributed by atoms with van der Waals surface area (Å²) in [5.41, 5.74) is 1.64. The van der Waals surface area contributed by atoms with Crippen molar-refractivity contribution in [3.05, 3.63) is 80.0 Å². The van der Waals surface area contributed by atoms with Gasteiger partial charge in [-0.15, -0.1) is 0 Å². The molecule has 1 aromatic heterocycles. The number of benzene rings is 2. The number of hydrogen-bond donors (Lipinski definition) is 1. The number of carbonyl (C=O) groups is 1. The molecule has 2 aromatic carbocycles. The molecule has 1 N–H and O–H groups in total. The molecule has 0 aliphatic heterocycles. The minimum absolute atomic E-state index is 0.0671. The van der Waals surface area contributed by atoms with E-state index in [0.717, 1.165) is 15.6 Å². The van der Waals surface area contributed by atoms with Crippen LogP contribution in [0.25, 0.3) is 10.9 Å². The Hall–Kier alpha value is -2.11. The number of aromatic nitrogens is 1. The number of nitrogens with zero attached hydrogens (tertiary/aromatic N) is 1. The third kappa shape index (κ3) is 4.11. The van der Waals surface area contributed by atoms with Crippen LogP contribution in [-0.4, -0.2) is 10.5 Å². The molecule has 0 fully saturated rings. The maximum atomic E-state index is 12.4. The minimum atomic E-state index is -0.135. The van der Waals surface area contributed by atoms with Gasteiger partial charge in [-0.3, -0.25) is 9.59 Å². The maximum absolute atomic E-state index is 12.4. The van der Waals surface area contributed by atoms with E-state index in [4.69, 9.17) is 11.6 Å². The Morgan fingerprint density at radius 1 is 1.20 bits per heavy atom. The quantitative estimate of drug-likeness (QED) is 0.686. The highest BCUT2D eigenvalue weighted by molar-refractivity contribution is 9.10. The Kier molecular flexibility index (Phi) is 5.25. The summed E-state index contributed by atoms with van der Waals surface area (Å²) in [6.07, 6.45) is 1.64. The number of rotatable bonds is 4. The van der Waals surface area contributed by atoms with Gasteiger partial charge in [-0.25, -0.2) is 0 Å². The van der Waals surface area contributed by atoms with Gasteiger partial charge in [-0.05, 0) is 42.8 Å². The van der Waals surface area contributed by atoms with Crippen LogP contribution >= 0.6 is 27.5 Å². The van der Waals surface area contributed by atoms with E-state index in [1.54, 1.807) is 29.0 Å². The number of pyridine rings is 1. The van der Waals surface area contributed by atoms with Gasteiger partial charge in [0.25, 0.3) is 0 Å². The smallest absolute Gasteiger partial charge is 0.240 e. The molecular weight excluding hydrogens is 404 g/mol. The molecule has 0 radical (unpaired) electrons. The normalized spacial score (nSPS) is 12.1. The molecule has 25 heavy (non-hydrogen) atoms. The van der Waals surface area contributed by atoms with Crippen molar-refractivity contribution in [1.82, 2.24) is 9.88 Å². The zero-order valence-corrected chi connectivity index (χ0v) is 15.8. The van der Waals surface area contributed by atoms with Gasteiger partial charge in [0.15, 0.2) is 5.43 Å². The molecule has 6 heteroatoms. The number of carbonyl (C=O) groups excluding carboxylic acids is 1. The van der Waals surface area contributed by atoms with Crippen molar-refractivity contribution in [3.8, 4) is 0 Å². The minimum Gasteiger partial charge on any atom is -0.348 e. The second-order valence-corrected chi connectivity index (χ2v) is 7.16. The highest BCUT2D eigenvalue weighted by Crippen LogP contribution is 2.18. The lowest BCUT2D eigenvalue weighted by atomic mass is 10.1.